The first-order chi connectivity index (χ1) is 11.4. The van der Waals surface area contributed by atoms with Crippen LogP contribution in [0.25, 0.3) is 0 Å². The molecule has 1 saturated heterocycles. The fraction of sp³-hybridized carbons (Fsp3) is 0.375. The van der Waals surface area contributed by atoms with E-state index in [0.29, 0.717) is 11.6 Å². The monoisotopic (exact) mass is 328 g/mol. The van der Waals surface area contributed by atoms with Crippen molar-refractivity contribution >= 4 is 28.9 Å². The van der Waals surface area contributed by atoms with Gasteiger partial charge in [0.1, 0.15) is 6.07 Å². The molecule has 5 N–H and O–H groups in total. The number of hydrogen-bond acceptors (Lipinski definition) is 6. The second-order valence-electron chi connectivity index (χ2n) is 5.80. The fourth-order valence-corrected chi connectivity index (χ4v) is 2.55. The van der Waals surface area contributed by atoms with Gasteiger partial charge in [-0.3, -0.25) is 10.8 Å². The number of nitrogens with two attached hydrogens (primary N) is 1. The standard InChI is InChI=1S/C16H20N6O2/c1-10-4-6-22(7-5-10)14-3-2-11(16(23)24)8-12(14)20-21-13(9-17)15(18)19/h2-3,8,10,20H,4-7H2,1H3,(H3,18,19)(H,23,24)/b21-13+. The van der Waals surface area contributed by atoms with Crippen molar-refractivity contribution in [2.24, 2.45) is 16.8 Å². The number of carbonyl (C=O) groups is 1. The van der Waals surface area contributed by atoms with Gasteiger partial charge in [-0.1, -0.05) is 6.92 Å². The summed E-state index contributed by atoms with van der Waals surface area (Å²) in [4.78, 5) is 13.4. The van der Waals surface area contributed by atoms with Crippen LogP contribution in [-0.2, 0) is 0 Å². The number of hydrogen-bond donors (Lipinski definition) is 4. The topological polar surface area (TPSA) is 139 Å². The minimum atomic E-state index is -1.05. The van der Waals surface area contributed by atoms with E-state index in [9.17, 15) is 9.90 Å². The number of carboxylic acids is 1. The van der Waals surface area contributed by atoms with Gasteiger partial charge < -0.3 is 15.7 Å². The van der Waals surface area contributed by atoms with Gasteiger partial charge in [-0.05, 0) is 37.0 Å². The molecule has 0 aromatic heterocycles. The van der Waals surface area contributed by atoms with Crippen molar-refractivity contribution in [3.05, 3.63) is 23.8 Å². The quantitative estimate of drug-likeness (QED) is 0.369. The lowest BCUT2D eigenvalue weighted by molar-refractivity contribution is 0.0697. The summed E-state index contributed by atoms with van der Waals surface area (Å²) in [6, 6.07) is 6.46. The van der Waals surface area contributed by atoms with Crippen LogP contribution in [0.1, 0.15) is 30.1 Å². The van der Waals surface area contributed by atoms with Crippen molar-refractivity contribution < 1.29 is 9.90 Å². The third kappa shape index (κ3) is 4.01. The largest absolute Gasteiger partial charge is 0.478 e. The zero-order valence-corrected chi connectivity index (χ0v) is 13.4. The highest BCUT2D eigenvalue weighted by Crippen LogP contribution is 2.31. The number of aromatic carboxylic acids is 1. The Morgan fingerprint density at radius 3 is 2.71 bits per heavy atom. The average molecular weight is 328 g/mol. The Labute approximate surface area is 140 Å². The maximum atomic E-state index is 11.2. The molecule has 8 heteroatoms. The molecule has 126 valence electrons. The molecule has 24 heavy (non-hydrogen) atoms. The highest BCUT2D eigenvalue weighted by molar-refractivity contribution is 6.45. The van der Waals surface area contributed by atoms with Crippen LogP contribution in [0.3, 0.4) is 0 Å². The molecule has 1 aliphatic rings. The summed E-state index contributed by atoms with van der Waals surface area (Å²) in [6.07, 6.45) is 2.11. The molecule has 2 rings (SSSR count). The first-order valence-corrected chi connectivity index (χ1v) is 7.63. The van der Waals surface area contributed by atoms with Crippen LogP contribution in [0.15, 0.2) is 23.3 Å². The lowest BCUT2D eigenvalue weighted by Gasteiger charge is -2.33. The molecular weight excluding hydrogens is 308 g/mol. The van der Waals surface area contributed by atoms with Crippen LogP contribution in [0.4, 0.5) is 11.4 Å². The number of hydrazone groups is 1. The third-order valence-corrected chi connectivity index (χ3v) is 4.02. The molecule has 0 unspecified atom stereocenters. The molecule has 1 aromatic carbocycles. The van der Waals surface area contributed by atoms with Crippen molar-refractivity contribution in [1.29, 1.82) is 10.7 Å². The van der Waals surface area contributed by atoms with Crippen molar-refractivity contribution in [3.63, 3.8) is 0 Å². The molecule has 0 aliphatic carbocycles. The predicted molar refractivity (Wildman–Crippen MR) is 92.6 cm³/mol. The molecule has 1 fully saturated rings. The zero-order chi connectivity index (χ0) is 17.7. The zero-order valence-electron chi connectivity index (χ0n) is 13.4. The molecule has 0 spiro atoms. The van der Waals surface area contributed by atoms with E-state index in [1.165, 1.54) is 6.07 Å². The van der Waals surface area contributed by atoms with E-state index in [0.717, 1.165) is 31.6 Å². The van der Waals surface area contributed by atoms with E-state index in [1.807, 2.05) is 0 Å². The van der Waals surface area contributed by atoms with Gasteiger partial charge in [-0.2, -0.15) is 10.4 Å². The Hall–Kier alpha value is -3.08. The molecular formula is C16H20N6O2. The smallest absolute Gasteiger partial charge is 0.335 e. The van der Waals surface area contributed by atoms with Gasteiger partial charge in [0.15, 0.2) is 5.84 Å². The van der Waals surface area contributed by atoms with Crippen LogP contribution in [0, 0.1) is 22.7 Å². The van der Waals surface area contributed by atoms with Crippen LogP contribution in [0.5, 0.6) is 0 Å². The van der Waals surface area contributed by atoms with Crippen molar-refractivity contribution in [3.8, 4) is 6.07 Å². The maximum Gasteiger partial charge on any atom is 0.335 e. The summed E-state index contributed by atoms with van der Waals surface area (Å²) in [6.45, 7) is 3.94. The molecule has 0 atom stereocenters. The molecule has 0 radical (unpaired) electrons. The molecule has 0 saturated carbocycles. The SMILES string of the molecule is CC1CCN(c2ccc(C(=O)O)cc2N/N=C(\C#N)C(=N)N)CC1. The van der Waals surface area contributed by atoms with Gasteiger partial charge in [-0.15, -0.1) is 0 Å². The van der Waals surface area contributed by atoms with Gasteiger partial charge in [0.25, 0.3) is 0 Å². The summed E-state index contributed by atoms with van der Waals surface area (Å²) in [7, 11) is 0. The van der Waals surface area contributed by atoms with Gasteiger partial charge in [-0.25, -0.2) is 4.79 Å². The minimum Gasteiger partial charge on any atom is -0.478 e. The van der Waals surface area contributed by atoms with Crippen molar-refractivity contribution in [2.75, 3.05) is 23.4 Å². The lowest BCUT2D eigenvalue weighted by atomic mass is 9.98. The van der Waals surface area contributed by atoms with Crippen LogP contribution < -0.4 is 16.1 Å². The second kappa shape index (κ2) is 7.46. The van der Waals surface area contributed by atoms with Gasteiger partial charge in [0.2, 0.25) is 5.71 Å². The number of rotatable bonds is 5. The van der Waals surface area contributed by atoms with Gasteiger partial charge >= 0.3 is 5.97 Å². The normalized spacial score (nSPS) is 15.7. The van der Waals surface area contributed by atoms with E-state index < -0.39 is 11.8 Å². The Bertz CT molecular complexity index is 714. The first-order valence-electron chi connectivity index (χ1n) is 7.63. The number of nitriles is 1. The molecule has 0 bridgehead atoms. The highest BCUT2D eigenvalue weighted by Gasteiger charge is 2.19. The van der Waals surface area contributed by atoms with Crippen LogP contribution >= 0.6 is 0 Å². The molecule has 1 aliphatic heterocycles. The lowest BCUT2D eigenvalue weighted by Crippen LogP contribution is -2.33. The number of nitrogens with one attached hydrogen (secondary N) is 2. The third-order valence-electron chi connectivity index (χ3n) is 4.02. The fourth-order valence-electron chi connectivity index (χ4n) is 2.55. The van der Waals surface area contributed by atoms with Gasteiger partial charge in [0.05, 0.1) is 16.9 Å². The number of carboxylic acid groups (broad SMARTS) is 1. The Morgan fingerprint density at radius 1 is 1.50 bits per heavy atom. The van der Waals surface area contributed by atoms with E-state index in [1.54, 1.807) is 18.2 Å². The minimum absolute atomic E-state index is 0.114. The summed E-state index contributed by atoms with van der Waals surface area (Å²) < 4.78 is 0. The average Bonchev–Trinajstić information content (AvgIpc) is 2.55. The number of benzene rings is 1. The van der Waals surface area contributed by atoms with Crippen molar-refractivity contribution in [2.45, 2.75) is 19.8 Å². The van der Waals surface area contributed by atoms with E-state index in [2.05, 4.69) is 22.4 Å². The predicted octanol–water partition coefficient (Wildman–Crippen LogP) is 1.85. The van der Waals surface area contributed by atoms with E-state index >= 15 is 0 Å². The Kier molecular flexibility index (Phi) is 5.37. The maximum absolute atomic E-state index is 11.2. The summed E-state index contributed by atoms with van der Waals surface area (Å²) in [5.74, 6) is -0.836. The van der Waals surface area contributed by atoms with E-state index in [4.69, 9.17) is 16.4 Å². The molecule has 1 aromatic rings. The second-order valence-corrected chi connectivity index (χ2v) is 5.80. The molecule has 0 amide bonds. The first kappa shape index (κ1) is 17.3. The summed E-state index contributed by atoms with van der Waals surface area (Å²) >= 11 is 0. The Morgan fingerprint density at radius 2 is 2.17 bits per heavy atom. The number of anilines is 2. The van der Waals surface area contributed by atoms with Crippen LogP contribution in [-0.4, -0.2) is 35.7 Å². The number of nitrogens with zero attached hydrogens (tertiary/aromatic N) is 3. The summed E-state index contributed by atoms with van der Waals surface area (Å²) in [5, 5.41) is 29.2. The summed E-state index contributed by atoms with van der Waals surface area (Å²) in [5.41, 5.74) is 9.11. The van der Waals surface area contributed by atoms with E-state index in [-0.39, 0.29) is 11.3 Å². The molecule has 1 heterocycles. The van der Waals surface area contributed by atoms with Crippen molar-refractivity contribution in [1.82, 2.24) is 0 Å². The number of piperidine rings is 1. The molecule has 8 nitrogen and oxygen atoms in total. The highest BCUT2D eigenvalue weighted by atomic mass is 16.4. The van der Waals surface area contributed by atoms with Crippen LogP contribution in [0.2, 0.25) is 0 Å². The van der Waals surface area contributed by atoms with Gasteiger partial charge in [0, 0.05) is 13.1 Å². The number of amidine groups is 1. The Balaban J connectivity index is 2.35.